The maximum absolute atomic E-state index is 14.3. The molecule has 4 saturated heterocycles. The van der Waals surface area contributed by atoms with E-state index in [1.165, 1.54) is 68.1 Å². The molecule has 9 amide bonds. The summed E-state index contributed by atoms with van der Waals surface area (Å²) in [5.74, 6) is -6.58. The Hall–Kier alpha value is -8.50. The number of morpholine rings is 1. The lowest BCUT2D eigenvalue weighted by atomic mass is 9.72. The van der Waals surface area contributed by atoms with E-state index >= 15 is 0 Å². The number of phenolic OH excluding ortho intramolecular Hbond substituents is 2. The summed E-state index contributed by atoms with van der Waals surface area (Å²) in [7, 11) is 5.58. The highest BCUT2D eigenvalue weighted by Crippen LogP contribution is 2.53. The number of likely N-dealkylation sites (tertiary alicyclic amines) is 1. The second-order valence-corrected chi connectivity index (χ2v) is 26.7. The third kappa shape index (κ3) is 16.9. The molecule has 0 bridgehead atoms. The Morgan fingerprint density at radius 3 is 2.23 bits per heavy atom. The highest BCUT2D eigenvalue weighted by Gasteiger charge is 2.56. The number of benzene rings is 3. The minimum atomic E-state index is -2.49. The number of nitrogens with one attached hydrogen (secondary N) is 4. The zero-order chi connectivity index (χ0) is 71.7. The lowest BCUT2D eigenvalue weighted by Gasteiger charge is -2.43. The Morgan fingerprint density at radius 2 is 1.57 bits per heavy atom. The Balaban J connectivity index is 0.768. The molecule has 538 valence electrons. The number of aromatic hydroxyl groups is 2. The first kappa shape index (κ1) is 74.7. The molecule has 4 fully saturated rings. The summed E-state index contributed by atoms with van der Waals surface area (Å²) >= 11 is 1.34. The van der Waals surface area contributed by atoms with Crippen LogP contribution in [0, 0.1) is 5.92 Å². The highest BCUT2D eigenvalue weighted by molar-refractivity contribution is 8.00. The van der Waals surface area contributed by atoms with Gasteiger partial charge in [-0.05, 0) is 68.5 Å². The quantitative estimate of drug-likeness (QED) is 0.0220. The van der Waals surface area contributed by atoms with Gasteiger partial charge in [0.2, 0.25) is 41.1 Å². The molecule has 4 aliphatic heterocycles. The topological polar surface area (TPSA) is 409 Å². The third-order valence-corrected chi connectivity index (χ3v) is 19.6. The average Bonchev–Trinajstić information content (AvgIpc) is 1.24. The van der Waals surface area contributed by atoms with Crippen molar-refractivity contribution in [3.05, 3.63) is 81.4 Å². The SMILES string of the molecule is COc1cccc2c1C(=O)c1c(O)c3c(c(O)c1C2=O)C[C@@](O)(C(=O)COC(=O)N(C)CCN(C)C(=O)OCc1ccc(NC(=O)C(CCCNC(N)=O)NC(=O)[C@@H](NC(=O)CCCCCN2C(=O)CC(SC)C2=O)C(C)C)cc1)C[C@@H]3O[C@H]1C[C@H]2[C@H](O[C@@H]3[C@@H](OC)OCCN32)[C@H](C)O1. The summed E-state index contributed by atoms with van der Waals surface area (Å²) in [6, 6.07) is 7.39. The second kappa shape index (κ2) is 32.7. The summed E-state index contributed by atoms with van der Waals surface area (Å²) in [6.45, 7) is 5.03. The van der Waals surface area contributed by atoms with Gasteiger partial charge in [-0.15, -0.1) is 0 Å². The molecule has 2 aliphatic carbocycles. The number of methoxy groups -OCH3 is 2. The molecule has 11 atom stereocenters. The van der Waals surface area contributed by atoms with Crippen molar-refractivity contribution in [1.82, 2.24) is 35.6 Å². The standard InChI is InChI=1S/C67H87N9O22S/c1-34(2)53(72-46(78)17-10-9-11-23-76-47(79)29-44(99-8)61(76)86)60(85)71-40(15-13-22-69-64(68)87)59(84)70-37-20-18-36(19-21-37)32-94-65(88)73(4)24-25-74(5)66(89)95-33-45(77)67(90)30-39-50(57(83)52-51(55(39)81)54(80)38-14-12-16-42(91-6)49(38)56(52)82)43(31-67)97-48-28-41-58(35(3)96-48)98-62-63(92-7)93-27-26-75(41)62/h12,14,16,18-21,34-35,40-41,43-44,48,53,58,62-63,81,83,90H,9-11,13,15,17,22-33H2,1-8H3,(H,70,84)(H,71,85)(H,72,78)(H3,68,69,87)/t35-,40?,41-,43-,44?,48-,53-,58+,62+,63-,67-/m0/s1. The predicted molar refractivity (Wildman–Crippen MR) is 351 cm³/mol. The fourth-order valence-electron chi connectivity index (χ4n) is 13.2. The van der Waals surface area contributed by atoms with Crippen molar-refractivity contribution >= 4 is 82.6 Å². The van der Waals surface area contributed by atoms with Crippen LogP contribution in [0.2, 0.25) is 0 Å². The lowest BCUT2D eigenvalue weighted by molar-refractivity contribution is -0.256. The van der Waals surface area contributed by atoms with E-state index in [2.05, 4.69) is 26.2 Å². The van der Waals surface area contributed by atoms with Crippen LogP contribution in [0.1, 0.15) is 133 Å². The van der Waals surface area contributed by atoms with Crippen molar-refractivity contribution in [2.45, 2.75) is 158 Å². The van der Waals surface area contributed by atoms with Crippen LogP contribution in [0.4, 0.5) is 20.1 Å². The van der Waals surface area contributed by atoms with Gasteiger partial charge in [0.15, 0.2) is 31.2 Å². The molecule has 9 rings (SSSR count). The fourth-order valence-corrected chi connectivity index (χ4v) is 13.8. The van der Waals surface area contributed by atoms with Crippen LogP contribution in [-0.4, -0.2) is 241 Å². The number of ketones is 3. The first-order chi connectivity index (χ1) is 47.2. The number of thioether (sulfide) groups is 1. The van der Waals surface area contributed by atoms with Crippen molar-refractivity contribution in [2.75, 3.05) is 85.8 Å². The fraction of sp³-hybridized carbons (Fsp3) is 0.567. The number of aliphatic hydroxyl groups is 1. The van der Waals surface area contributed by atoms with Gasteiger partial charge in [-0.3, -0.25) is 48.2 Å². The number of primary amides is 1. The number of nitrogens with zero attached hydrogens (tertiary/aromatic N) is 4. The first-order valence-corrected chi connectivity index (χ1v) is 34.1. The summed E-state index contributed by atoms with van der Waals surface area (Å²) < 4.78 is 46.9. The third-order valence-electron chi connectivity index (χ3n) is 18.6. The van der Waals surface area contributed by atoms with E-state index in [0.717, 1.165) is 4.90 Å². The highest BCUT2D eigenvalue weighted by atomic mass is 32.2. The van der Waals surface area contributed by atoms with Gasteiger partial charge in [-0.25, -0.2) is 14.4 Å². The van der Waals surface area contributed by atoms with E-state index in [9.17, 15) is 68.1 Å². The van der Waals surface area contributed by atoms with Crippen molar-refractivity contribution in [2.24, 2.45) is 11.7 Å². The Morgan fingerprint density at radius 1 is 0.859 bits per heavy atom. The summed E-state index contributed by atoms with van der Waals surface area (Å²) in [5.41, 5.74) is 1.79. The molecular formula is C67H87N9O22S. The van der Waals surface area contributed by atoms with Gasteiger partial charge in [0.05, 0.1) is 47.9 Å². The van der Waals surface area contributed by atoms with E-state index < -0.39 is 150 Å². The molecule has 2 unspecified atom stereocenters. The van der Waals surface area contributed by atoms with Gasteiger partial charge in [-0.2, -0.15) is 11.8 Å². The number of unbranched alkanes of at least 4 members (excludes halogenated alkanes) is 2. The number of carbonyl (C=O) groups excluding carboxylic acids is 11. The number of nitrogens with two attached hydrogens (primary N) is 1. The molecule has 9 N–H and O–H groups in total. The zero-order valence-electron chi connectivity index (χ0n) is 56.5. The molecule has 0 spiro atoms. The van der Waals surface area contributed by atoms with Gasteiger partial charge >= 0.3 is 18.2 Å². The maximum atomic E-state index is 14.3. The second-order valence-electron chi connectivity index (χ2n) is 25.7. The molecule has 99 heavy (non-hydrogen) atoms. The number of hydrogen-bond donors (Lipinski definition) is 8. The molecule has 0 aromatic heterocycles. The summed E-state index contributed by atoms with van der Waals surface area (Å²) in [6.07, 6.45) is -3.94. The zero-order valence-corrected chi connectivity index (χ0v) is 57.3. The lowest BCUT2D eigenvalue weighted by Crippen LogP contribution is -2.55. The number of amides is 9. The number of anilines is 1. The van der Waals surface area contributed by atoms with Crippen molar-refractivity contribution in [3.63, 3.8) is 0 Å². The molecule has 3 aromatic rings. The number of ether oxygens (including phenoxy) is 8. The Labute approximate surface area is 575 Å². The van der Waals surface area contributed by atoms with Crippen LogP contribution in [0.5, 0.6) is 17.2 Å². The maximum Gasteiger partial charge on any atom is 0.409 e. The van der Waals surface area contributed by atoms with Gasteiger partial charge in [0, 0.05) is 114 Å². The van der Waals surface area contributed by atoms with Gasteiger partial charge in [-0.1, -0.05) is 44.5 Å². The van der Waals surface area contributed by atoms with Gasteiger partial charge in [0.25, 0.3) is 0 Å². The molecule has 0 saturated carbocycles. The predicted octanol–water partition coefficient (Wildman–Crippen LogP) is 3.12. The van der Waals surface area contributed by atoms with E-state index in [1.54, 1.807) is 51.3 Å². The van der Waals surface area contributed by atoms with Crippen molar-refractivity contribution in [3.8, 4) is 17.2 Å². The minimum absolute atomic E-state index is 0.0444. The van der Waals surface area contributed by atoms with E-state index in [4.69, 9.17) is 43.6 Å². The number of fused-ring (bicyclic) bond motifs is 6. The largest absolute Gasteiger partial charge is 0.507 e. The van der Waals surface area contributed by atoms with E-state index in [1.807, 2.05) is 0 Å². The van der Waals surface area contributed by atoms with Crippen LogP contribution >= 0.6 is 11.8 Å². The molecule has 6 aliphatic rings. The molecule has 31 nitrogen and oxygen atoms in total. The van der Waals surface area contributed by atoms with Gasteiger partial charge in [0.1, 0.15) is 47.6 Å². The van der Waals surface area contributed by atoms with Crippen molar-refractivity contribution in [1.29, 1.82) is 0 Å². The summed E-state index contributed by atoms with van der Waals surface area (Å²) in [4.78, 5) is 152. The molecule has 4 heterocycles. The molecule has 3 aromatic carbocycles. The number of Topliss-reactive ketones (excluding diaryl/α,β-unsaturated/α-hetero) is 1. The molecule has 0 radical (unpaired) electrons. The van der Waals surface area contributed by atoms with Crippen molar-refractivity contribution < 1.29 is 106 Å². The number of rotatable bonds is 29. The van der Waals surface area contributed by atoms with Crippen LogP contribution in [0.15, 0.2) is 42.5 Å². The number of hydrogen-bond acceptors (Lipinski definition) is 24. The normalized spacial score (nSPS) is 23.7. The summed E-state index contributed by atoms with van der Waals surface area (Å²) in [5, 5.41) is 47.1. The molecular weight excluding hydrogens is 1310 g/mol. The van der Waals surface area contributed by atoms with Gasteiger partial charge < -0.3 is 90.0 Å². The number of imide groups is 1. The number of likely N-dealkylation sites (N-methyl/N-ethyl adjacent to an activating group) is 2. The van der Waals surface area contributed by atoms with Crippen LogP contribution < -0.4 is 31.7 Å². The Kier molecular flexibility index (Phi) is 24.7. The number of urea groups is 1. The number of phenols is 2. The molecule has 32 heteroatoms. The minimum Gasteiger partial charge on any atom is -0.507 e. The van der Waals surface area contributed by atoms with E-state index in [0.29, 0.717) is 43.7 Å². The van der Waals surface area contributed by atoms with E-state index in [-0.39, 0.29) is 122 Å². The van der Waals surface area contributed by atoms with Crippen LogP contribution in [-0.2, 0) is 75.0 Å². The van der Waals surface area contributed by atoms with Crippen LogP contribution in [0.25, 0.3) is 0 Å². The number of carbonyl (C=O) groups is 11. The monoisotopic (exact) mass is 1400 g/mol. The average molecular weight is 1400 g/mol. The smallest absolute Gasteiger partial charge is 0.409 e. The first-order valence-electron chi connectivity index (χ1n) is 32.8. The Bertz CT molecular complexity index is 3580. The van der Waals surface area contributed by atoms with Crippen LogP contribution in [0.3, 0.4) is 0 Å².